The van der Waals surface area contributed by atoms with Gasteiger partial charge in [0.05, 0.1) is 6.20 Å². The first kappa shape index (κ1) is 6.15. The molecule has 0 spiro atoms. The lowest BCUT2D eigenvalue weighted by Gasteiger charge is -1.84. The van der Waals surface area contributed by atoms with Crippen molar-refractivity contribution >= 4 is 0 Å². The Morgan fingerprint density at radius 3 is 2.91 bits per heavy atom. The van der Waals surface area contributed by atoms with Crippen LogP contribution in [0.1, 0.15) is 5.76 Å². The number of aromatic amines is 1. The molecule has 0 saturated heterocycles. The highest BCUT2D eigenvalue weighted by atomic mass is 16.3. The zero-order valence-corrected chi connectivity index (χ0v) is 6.03. The Morgan fingerprint density at radius 2 is 2.36 bits per heavy atom. The van der Waals surface area contributed by atoms with E-state index in [9.17, 15) is 0 Å². The van der Waals surface area contributed by atoms with E-state index < -0.39 is 0 Å². The molecule has 0 bridgehead atoms. The molecule has 11 heavy (non-hydrogen) atoms. The molecule has 0 amide bonds. The first-order chi connectivity index (χ1) is 5.36. The molecule has 2 aromatic heterocycles. The van der Waals surface area contributed by atoms with E-state index in [1.54, 1.807) is 6.20 Å². The molecule has 0 aliphatic rings. The fraction of sp³-hybridized carbons (Fsp3) is 0.143. The third-order valence-corrected chi connectivity index (χ3v) is 1.41. The fourth-order valence-corrected chi connectivity index (χ4v) is 0.894. The first-order valence-electron chi connectivity index (χ1n) is 3.29. The molecule has 0 aliphatic carbocycles. The highest BCUT2D eigenvalue weighted by Gasteiger charge is 2.03. The van der Waals surface area contributed by atoms with Crippen LogP contribution >= 0.6 is 0 Å². The highest BCUT2D eigenvalue weighted by molar-refractivity contribution is 5.49. The Balaban J connectivity index is 2.45. The number of furan rings is 1. The van der Waals surface area contributed by atoms with Gasteiger partial charge in [0, 0.05) is 0 Å². The van der Waals surface area contributed by atoms with Crippen LogP contribution in [0.2, 0.25) is 0 Å². The number of hydrogen-bond acceptors (Lipinski definition) is 3. The molecule has 0 aliphatic heterocycles. The molecule has 1 N–H and O–H groups in total. The lowest BCUT2D eigenvalue weighted by molar-refractivity contribution is 0.546. The largest absolute Gasteiger partial charge is 0.460 e. The predicted molar refractivity (Wildman–Crippen MR) is 38.8 cm³/mol. The maximum Gasteiger partial charge on any atom is 0.156 e. The molecule has 4 nitrogen and oxygen atoms in total. The van der Waals surface area contributed by atoms with E-state index in [0.29, 0.717) is 0 Å². The lowest BCUT2D eigenvalue weighted by atomic mass is 10.3. The quantitative estimate of drug-likeness (QED) is 0.666. The van der Waals surface area contributed by atoms with E-state index in [2.05, 4.69) is 15.4 Å². The number of aryl methyl sites for hydroxylation is 1. The van der Waals surface area contributed by atoms with E-state index in [-0.39, 0.29) is 0 Å². The van der Waals surface area contributed by atoms with Crippen LogP contribution in [0.4, 0.5) is 0 Å². The summed E-state index contributed by atoms with van der Waals surface area (Å²) in [6.07, 6.45) is 1.69. The Kier molecular flexibility index (Phi) is 1.25. The van der Waals surface area contributed by atoms with Crippen molar-refractivity contribution in [2.45, 2.75) is 6.92 Å². The standard InChI is InChI=1S/C7H7N3O/c1-5-2-3-7(11-5)6-4-8-10-9-6/h2-4H,1H3,(H,8,9,10). The summed E-state index contributed by atoms with van der Waals surface area (Å²) >= 11 is 0. The van der Waals surface area contributed by atoms with Gasteiger partial charge in [-0.15, -0.1) is 5.10 Å². The summed E-state index contributed by atoms with van der Waals surface area (Å²) in [4.78, 5) is 0. The zero-order chi connectivity index (χ0) is 7.68. The molecule has 4 heteroatoms. The topological polar surface area (TPSA) is 54.7 Å². The van der Waals surface area contributed by atoms with Crippen molar-refractivity contribution in [2.75, 3.05) is 0 Å². The van der Waals surface area contributed by atoms with Gasteiger partial charge >= 0.3 is 0 Å². The number of nitrogens with zero attached hydrogens (tertiary/aromatic N) is 2. The Hall–Kier alpha value is -1.58. The summed E-state index contributed by atoms with van der Waals surface area (Å²) in [6, 6.07) is 3.76. The molecular formula is C7H7N3O. The van der Waals surface area contributed by atoms with Crippen molar-refractivity contribution in [1.82, 2.24) is 15.4 Å². The second-order valence-electron chi connectivity index (χ2n) is 2.27. The van der Waals surface area contributed by atoms with Gasteiger partial charge in [0.2, 0.25) is 0 Å². The maximum absolute atomic E-state index is 5.31. The predicted octanol–water partition coefficient (Wildman–Crippen LogP) is 1.37. The summed E-state index contributed by atoms with van der Waals surface area (Å²) < 4.78 is 5.31. The second-order valence-corrected chi connectivity index (χ2v) is 2.27. The molecule has 56 valence electrons. The van der Waals surface area contributed by atoms with E-state index in [4.69, 9.17) is 4.42 Å². The third-order valence-electron chi connectivity index (χ3n) is 1.41. The minimum absolute atomic E-state index is 0.734. The zero-order valence-electron chi connectivity index (χ0n) is 6.03. The van der Waals surface area contributed by atoms with Crippen molar-refractivity contribution in [2.24, 2.45) is 0 Å². The van der Waals surface area contributed by atoms with E-state index in [1.165, 1.54) is 0 Å². The summed E-state index contributed by atoms with van der Waals surface area (Å²) in [6.45, 7) is 1.89. The van der Waals surface area contributed by atoms with Gasteiger partial charge in [-0.2, -0.15) is 0 Å². The molecule has 0 fully saturated rings. The molecular weight excluding hydrogens is 142 g/mol. The fourth-order valence-electron chi connectivity index (χ4n) is 0.894. The number of nitrogens with one attached hydrogen (secondary N) is 1. The summed E-state index contributed by atoms with van der Waals surface area (Å²) in [5, 5.41) is 9.99. The smallest absolute Gasteiger partial charge is 0.156 e. The first-order valence-corrected chi connectivity index (χ1v) is 3.29. The molecule has 2 rings (SSSR count). The van der Waals surface area contributed by atoms with E-state index in [1.807, 2.05) is 19.1 Å². The van der Waals surface area contributed by atoms with Gasteiger partial charge in [0.25, 0.3) is 0 Å². The Morgan fingerprint density at radius 1 is 1.45 bits per heavy atom. The van der Waals surface area contributed by atoms with Gasteiger partial charge in [0.1, 0.15) is 11.5 Å². The van der Waals surface area contributed by atoms with Crippen LogP contribution in [-0.4, -0.2) is 15.4 Å². The minimum Gasteiger partial charge on any atom is -0.460 e. The average Bonchev–Trinajstić information content (AvgIpc) is 2.55. The number of rotatable bonds is 1. The number of hydrogen-bond donors (Lipinski definition) is 1. The molecule has 2 heterocycles. The summed E-state index contributed by atoms with van der Waals surface area (Å²) in [5.41, 5.74) is 0.734. The van der Waals surface area contributed by atoms with E-state index >= 15 is 0 Å². The average molecular weight is 149 g/mol. The van der Waals surface area contributed by atoms with Crippen molar-refractivity contribution in [1.29, 1.82) is 0 Å². The van der Waals surface area contributed by atoms with Gasteiger partial charge in [-0.25, -0.2) is 0 Å². The van der Waals surface area contributed by atoms with E-state index in [0.717, 1.165) is 17.2 Å². The van der Waals surface area contributed by atoms with Crippen LogP contribution in [0, 0.1) is 6.92 Å². The second kappa shape index (κ2) is 2.23. The molecule has 0 radical (unpaired) electrons. The van der Waals surface area contributed by atoms with Crippen LogP contribution in [0.15, 0.2) is 22.7 Å². The van der Waals surface area contributed by atoms with Crippen LogP contribution in [0.5, 0.6) is 0 Å². The van der Waals surface area contributed by atoms with Crippen LogP contribution < -0.4 is 0 Å². The van der Waals surface area contributed by atoms with Crippen LogP contribution in [0.25, 0.3) is 11.5 Å². The Labute approximate surface area is 63.2 Å². The van der Waals surface area contributed by atoms with Crippen LogP contribution in [0.3, 0.4) is 0 Å². The van der Waals surface area contributed by atoms with Gasteiger partial charge in [0.15, 0.2) is 5.76 Å². The third kappa shape index (κ3) is 1.02. The highest BCUT2D eigenvalue weighted by Crippen LogP contribution is 2.17. The van der Waals surface area contributed by atoms with Crippen molar-refractivity contribution in [3.8, 4) is 11.5 Å². The van der Waals surface area contributed by atoms with Gasteiger partial charge in [-0.05, 0) is 19.1 Å². The Bertz CT molecular complexity index is 336. The molecule has 0 saturated carbocycles. The van der Waals surface area contributed by atoms with Crippen molar-refractivity contribution in [3.05, 3.63) is 24.1 Å². The normalized spacial score (nSPS) is 10.3. The summed E-state index contributed by atoms with van der Waals surface area (Å²) in [5.74, 6) is 1.62. The van der Waals surface area contributed by atoms with Crippen molar-refractivity contribution < 1.29 is 4.42 Å². The molecule has 0 aromatic carbocycles. The number of aromatic nitrogens is 3. The lowest BCUT2D eigenvalue weighted by Crippen LogP contribution is -1.71. The molecule has 0 unspecified atom stereocenters. The molecule has 2 aromatic rings. The summed E-state index contributed by atoms with van der Waals surface area (Å²) in [7, 11) is 0. The van der Waals surface area contributed by atoms with Crippen molar-refractivity contribution in [3.63, 3.8) is 0 Å². The monoisotopic (exact) mass is 149 g/mol. The van der Waals surface area contributed by atoms with Gasteiger partial charge in [-0.1, -0.05) is 5.21 Å². The minimum atomic E-state index is 0.734. The number of H-pyrrole nitrogens is 1. The van der Waals surface area contributed by atoms with Gasteiger partial charge in [-0.3, -0.25) is 5.10 Å². The molecule has 0 atom stereocenters. The maximum atomic E-state index is 5.31. The van der Waals surface area contributed by atoms with Gasteiger partial charge < -0.3 is 4.42 Å². The SMILES string of the molecule is Cc1ccc(-c2c[nH]nn2)o1. The van der Waals surface area contributed by atoms with Crippen LogP contribution in [-0.2, 0) is 0 Å².